The first-order chi connectivity index (χ1) is 16.3. The van der Waals surface area contributed by atoms with Crippen LogP contribution in [-0.2, 0) is 0 Å². The third-order valence-corrected chi connectivity index (χ3v) is 6.60. The Balaban J connectivity index is 1.60. The SMILES string of the molecule is c1ccc2cc3c(cc2c1)c1cc2oc4ccccc4c2cc1n3-c1nc2ccccc2o1. The van der Waals surface area contributed by atoms with E-state index < -0.39 is 0 Å². The Labute approximate surface area is 187 Å². The van der Waals surface area contributed by atoms with E-state index >= 15 is 0 Å². The molecule has 0 amide bonds. The van der Waals surface area contributed by atoms with E-state index in [4.69, 9.17) is 13.8 Å². The molecule has 0 spiro atoms. The highest BCUT2D eigenvalue weighted by Gasteiger charge is 2.19. The summed E-state index contributed by atoms with van der Waals surface area (Å²) in [7, 11) is 0. The van der Waals surface area contributed by atoms with Crippen LogP contribution in [0.25, 0.3) is 71.6 Å². The quantitative estimate of drug-likeness (QED) is 0.268. The van der Waals surface area contributed by atoms with Crippen molar-refractivity contribution >= 4 is 65.6 Å². The van der Waals surface area contributed by atoms with Crippen molar-refractivity contribution in [1.82, 2.24) is 9.55 Å². The van der Waals surface area contributed by atoms with Gasteiger partial charge in [-0.2, -0.15) is 4.98 Å². The third-order valence-electron chi connectivity index (χ3n) is 6.60. The molecule has 0 fully saturated rings. The summed E-state index contributed by atoms with van der Waals surface area (Å²) < 4.78 is 14.6. The highest BCUT2D eigenvalue weighted by atomic mass is 16.4. The zero-order chi connectivity index (χ0) is 21.5. The second kappa shape index (κ2) is 6.02. The molecule has 0 radical (unpaired) electrons. The van der Waals surface area contributed by atoms with Crippen LogP contribution in [0, 0.1) is 0 Å². The van der Waals surface area contributed by atoms with E-state index in [9.17, 15) is 0 Å². The first kappa shape index (κ1) is 17.0. The van der Waals surface area contributed by atoms with Crippen molar-refractivity contribution in [3.8, 4) is 6.01 Å². The van der Waals surface area contributed by atoms with Crippen molar-refractivity contribution in [3.05, 3.63) is 97.1 Å². The first-order valence-electron chi connectivity index (χ1n) is 11.0. The van der Waals surface area contributed by atoms with E-state index in [-0.39, 0.29) is 0 Å². The second-order valence-corrected chi connectivity index (χ2v) is 8.48. The minimum absolute atomic E-state index is 0.568. The fourth-order valence-electron chi connectivity index (χ4n) is 5.08. The van der Waals surface area contributed by atoms with Crippen LogP contribution in [-0.4, -0.2) is 9.55 Å². The Kier molecular flexibility index (Phi) is 3.11. The predicted octanol–water partition coefficient (Wildman–Crippen LogP) is 7.98. The summed E-state index contributed by atoms with van der Waals surface area (Å²) in [6.07, 6.45) is 0. The fraction of sp³-hybridized carbons (Fsp3) is 0. The van der Waals surface area contributed by atoms with Gasteiger partial charge in [0.2, 0.25) is 0 Å². The molecule has 0 saturated heterocycles. The first-order valence-corrected chi connectivity index (χ1v) is 11.0. The third kappa shape index (κ3) is 2.27. The number of fused-ring (bicyclic) bond motifs is 8. The van der Waals surface area contributed by atoms with E-state index in [0.29, 0.717) is 6.01 Å². The minimum Gasteiger partial charge on any atom is -0.456 e. The van der Waals surface area contributed by atoms with Crippen LogP contribution in [0.2, 0.25) is 0 Å². The Bertz CT molecular complexity index is 2000. The Morgan fingerprint density at radius 3 is 2.09 bits per heavy atom. The summed E-state index contributed by atoms with van der Waals surface area (Å²) >= 11 is 0. The lowest BCUT2D eigenvalue weighted by atomic mass is 10.1. The Hall–Kier alpha value is -4.57. The number of hydrogen-bond donors (Lipinski definition) is 0. The zero-order valence-corrected chi connectivity index (χ0v) is 17.4. The molecule has 0 bridgehead atoms. The summed E-state index contributed by atoms with van der Waals surface area (Å²) in [4.78, 5) is 4.84. The highest BCUT2D eigenvalue weighted by Crippen LogP contribution is 2.39. The zero-order valence-electron chi connectivity index (χ0n) is 17.4. The highest BCUT2D eigenvalue weighted by molar-refractivity contribution is 6.19. The molecule has 0 atom stereocenters. The molecule has 0 aliphatic carbocycles. The van der Waals surface area contributed by atoms with E-state index in [1.165, 1.54) is 10.8 Å². The molecule has 8 rings (SSSR count). The Morgan fingerprint density at radius 1 is 0.515 bits per heavy atom. The van der Waals surface area contributed by atoms with Crippen LogP contribution < -0.4 is 0 Å². The van der Waals surface area contributed by atoms with Gasteiger partial charge < -0.3 is 8.83 Å². The lowest BCUT2D eigenvalue weighted by Crippen LogP contribution is -1.93. The van der Waals surface area contributed by atoms with Gasteiger partial charge in [-0.1, -0.05) is 54.6 Å². The maximum Gasteiger partial charge on any atom is 0.307 e. The van der Waals surface area contributed by atoms with Crippen molar-refractivity contribution in [3.63, 3.8) is 0 Å². The van der Waals surface area contributed by atoms with Gasteiger partial charge in [0.1, 0.15) is 16.7 Å². The van der Waals surface area contributed by atoms with Gasteiger partial charge in [-0.05, 0) is 53.2 Å². The van der Waals surface area contributed by atoms with Gasteiger partial charge in [0.05, 0.1) is 11.0 Å². The molecule has 33 heavy (non-hydrogen) atoms. The van der Waals surface area contributed by atoms with E-state index in [2.05, 4.69) is 59.2 Å². The molecular weight excluding hydrogens is 408 g/mol. The fourth-order valence-corrected chi connectivity index (χ4v) is 5.08. The molecule has 154 valence electrons. The molecule has 0 aliphatic rings. The van der Waals surface area contributed by atoms with Crippen molar-refractivity contribution in [2.45, 2.75) is 0 Å². The van der Waals surface area contributed by atoms with E-state index in [0.717, 1.165) is 54.8 Å². The van der Waals surface area contributed by atoms with Gasteiger partial charge in [-0.15, -0.1) is 0 Å². The van der Waals surface area contributed by atoms with Crippen molar-refractivity contribution in [2.75, 3.05) is 0 Å². The molecule has 3 heterocycles. The summed E-state index contributed by atoms with van der Waals surface area (Å²) in [5, 5.41) is 6.83. The summed E-state index contributed by atoms with van der Waals surface area (Å²) in [6, 6.07) is 33.9. The average Bonchev–Trinajstić information content (AvgIpc) is 3.52. The maximum absolute atomic E-state index is 6.25. The topological polar surface area (TPSA) is 44.1 Å². The Morgan fingerprint density at radius 2 is 1.21 bits per heavy atom. The molecule has 0 saturated carbocycles. The monoisotopic (exact) mass is 424 g/mol. The molecule has 4 nitrogen and oxygen atoms in total. The number of rotatable bonds is 1. The largest absolute Gasteiger partial charge is 0.456 e. The van der Waals surface area contributed by atoms with Crippen LogP contribution in [0.3, 0.4) is 0 Å². The van der Waals surface area contributed by atoms with Crippen LogP contribution >= 0.6 is 0 Å². The number of benzene rings is 5. The van der Waals surface area contributed by atoms with Crippen LogP contribution in [0.5, 0.6) is 0 Å². The molecule has 3 aromatic heterocycles. The van der Waals surface area contributed by atoms with Crippen molar-refractivity contribution in [2.24, 2.45) is 0 Å². The average molecular weight is 424 g/mol. The number of aromatic nitrogens is 2. The van der Waals surface area contributed by atoms with E-state index in [1.54, 1.807) is 0 Å². The van der Waals surface area contributed by atoms with Gasteiger partial charge in [0, 0.05) is 21.5 Å². The molecule has 0 aliphatic heterocycles. The van der Waals surface area contributed by atoms with Gasteiger partial charge >= 0.3 is 6.01 Å². The lowest BCUT2D eigenvalue weighted by molar-refractivity contribution is 0.574. The predicted molar refractivity (Wildman–Crippen MR) is 133 cm³/mol. The number of nitrogens with zero attached hydrogens (tertiary/aromatic N) is 2. The molecule has 0 unspecified atom stereocenters. The minimum atomic E-state index is 0.568. The number of furan rings is 1. The maximum atomic E-state index is 6.25. The summed E-state index contributed by atoms with van der Waals surface area (Å²) in [5.74, 6) is 0. The lowest BCUT2D eigenvalue weighted by Gasteiger charge is -2.03. The normalized spacial score (nSPS) is 12.2. The van der Waals surface area contributed by atoms with Gasteiger partial charge in [0.25, 0.3) is 0 Å². The molecule has 0 N–H and O–H groups in total. The molecular formula is C29H16N2O2. The van der Waals surface area contributed by atoms with E-state index in [1.807, 2.05) is 42.5 Å². The summed E-state index contributed by atoms with van der Waals surface area (Å²) in [5.41, 5.74) is 5.51. The van der Waals surface area contributed by atoms with Gasteiger partial charge in [0.15, 0.2) is 5.58 Å². The number of hydrogen-bond acceptors (Lipinski definition) is 3. The van der Waals surface area contributed by atoms with Gasteiger partial charge in [-0.25, -0.2) is 0 Å². The molecule has 8 aromatic rings. The number of oxazole rings is 1. The molecule has 4 heteroatoms. The standard InChI is InChI=1S/C29H16N2O2/c1-2-8-18-14-24-20(13-17(18)7-1)21-16-28-22(19-9-3-5-11-26(19)32-28)15-25(21)31(24)29-30-23-10-4-6-12-27(23)33-29/h1-16H. The van der Waals surface area contributed by atoms with Crippen molar-refractivity contribution < 1.29 is 8.83 Å². The second-order valence-electron chi connectivity index (χ2n) is 8.48. The van der Waals surface area contributed by atoms with Gasteiger partial charge in [-0.3, -0.25) is 4.57 Å². The smallest absolute Gasteiger partial charge is 0.307 e. The number of para-hydroxylation sites is 3. The van der Waals surface area contributed by atoms with Crippen molar-refractivity contribution in [1.29, 1.82) is 0 Å². The molecule has 5 aromatic carbocycles. The van der Waals surface area contributed by atoms with Crippen LogP contribution in [0.4, 0.5) is 0 Å². The summed E-state index contributed by atoms with van der Waals surface area (Å²) in [6.45, 7) is 0. The van der Waals surface area contributed by atoms with Crippen LogP contribution in [0.15, 0.2) is 106 Å². The van der Waals surface area contributed by atoms with Crippen LogP contribution in [0.1, 0.15) is 0 Å².